The third-order valence-corrected chi connectivity index (χ3v) is 16.1. The van der Waals surface area contributed by atoms with Crippen LogP contribution in [0.15, 0.2) is 175 Å². The lowest BCUT2D eigenvalue weighted by Crippen LogP contribution is -2.49. The Morgan fingerprint density at radius 1 is 0.519 bits per heavy atom. The molecule has 0 fully saturated rings. The highest BCUT2D eigenvalue weighted by atomic mass is 28.3. The van der Waals surface area contributed by atoms with Crippen LogP contribution in [-0.2, 0) is 0 Å². The third-order valence-electron chi connectivity index (χ3n) is 12.6. The second kappa shape index (κ2) is 11.7. The molecule has 3 aliphatic rings. The Morgan fingerprint density at radius 2 is 1.15 bits per heavy atom. The van der Waals surface area contributed by atoms with E-state index < -0.39 is 8.07 Å². The van der Waals surface area contributed by atoms with Crippen molar-refractivity contribution in [2.45, 2.75) is 26.4 Å². The van der Waals surface area contributed by atoms with Gasteiger partial charge >= 0.3 is 0 Å². The molecule has 8 aromatic carbocycles. The molecule has 0 saturated heterocycles. The minimum atomic E-state index is -2.08. The maximum Gasteiger partial charge on any atom is 0.113 e. The van der Waals surface area contributed by atoms with Crippen molar-refractivity contribution in [1.29, 1.82) is 0 Å². The first-order valence-electron chi connectivity index (χ1n) is 19.4. The van der Waals surface area contributed by atoms with Gasteiger partial charge in [0.15, 0.2) is 0 Å². The highest BCUT2D eigenvalue weighted by molar-refractivity contribution is 7.04. The number of hydrogen-bond acceptors (Lipinski definition) is 0. The van der Waals surface area contributed by atoms with Crippen LogP contribution in [0.2, 0.25) is 13.1 Å². The van der Waals surface area contributed by atoms with Crippen LogP contribution in [0.4, 0.5) is 0 Å². The fourth-order valence-corrected chi connectivity index (χ4v) is 12.8. The van der Waals surface area contributed by atoms with Gasteiger partial charge in [0.2, 0.25) is 0 Å². The lowest BCUT2D eigenvalue weighted by molar-refractivity contribution is 0.783. The van der Waals surface area contributed by atoms with Gasteiger partial charge < -0.3 is 0 Å². The number of benzene rings is 8. The highest BCUT2D eigenvalue weighted by Gasteiger charge is 2.39. The summed E-state index contributed by atoms with van der Waals surface area (Å²) in [6.45, 7) is 7.36. The van der Waals surface area contributed by atoms with E-state index in [1.54, 1.807) is 5.19 Å². The average Bonchev–Trinajstić information content (AvgIpc) is 3.43. The molecule has 1 unspecified atom stereocenters. The Morgan fingerprint density at radius 3 is 1.89 bits per heavy atom. The SMILES string of the molecule is Cc1ccc2c(-c3ccc4ccccc4c3)c3cc4c(cc3c(-c3ccc5ccccc5c3)c2c1)[Si](C)(C)c1cc(C2=CCC3C=CC=CC3=C2)ccc1-4. The summed E-state index contributed by atoms with van der Waals surface area (Å²) in [6, 6.07) is 51.3. The summed E-state index contributed by atoms with van der Waals surface area (Å²) in [5.41, 5.74) is 13.4. The molecule has 0 bridgehead atoms. The van der Waals surface area contributed by atoms with Crippen molar-refractivity contribution in [2.24, 2.45) is 5.92 Å². The largest absolute Gasteiger partial charge is 0.113 e. The highest BCUT2D eigenvalue weighted by Crippen LogP contribution is 2.47. The molecule has 1 atom stereocenters. The standard InChI is InChI=1S/C53H40Si/c1-33-16-24-45-47(26-33)53(43-22-19-36-12-6-9-15-39(36)29-43)49-32-51-46(31-48(49)52(45)42-21-18-35-11-5-8-14-38(35)28-42)44-25-23-41(30-50(44)54(51,2)3)40-20-17-34-10-4-7-13-37(34)27-40/h4-16,18-32,34H,17H2,1-3H3. The summed E-state index contributed by atoms with van der Waals surface area (Å²) in [5, 5.41) is 13.5. The Kier molecular flexibility index (Phi) is 6.85. The minimum Gasteiger partial charge on any atom is -0.0767 e. The molecule has 1 heteroatoms. The van der Waals surface area contributed by atoms with Gasteiger partial charge in [0.25, 0.3) is 0 Å². The smallest absolute Gasteiger partial charge is 0.0767 e. The lowest BCUT2D eigenvalue weighted by atomic mass is 9.83. The first kappa shape index (κ1) is 31.5. The predicted molar refractivity (Wildman–Crippen MR) is 237 cm³/mol. The van der Waals surface area contributed by atoms with E-state index >= 15 is 0 Å². The lowest BCUT2D eigenvalue weighted by Gasteiger charge is -2.23. The van der Waals surface area contributed by atoms with E-state index in [9.17, 15) is 0 Å². The van der Waals surface area contributed by atoms with Crippen molar-refractivity contribution >= 4 is 67.1 Å². The Balaban J connectivity index is 1.20. The number of hydrogen-bond donors (Lipinski definition) is 0. The van der Waals surface area contributed by atoms with Gasteiger partial charge in [0.1, 0.15) is 8.07 Å². The first-order chi connectivity index (χ1) is 26.4. The molecule has 0 nitrogen and oxygen atoms in total. The van der Waals surface area contributed by atoms with Gasteiger partial charge in [-0.3, -0.25) is 0 Å². The van der Waals surface area contributed by atoms with Crippen molar-refractivity contribution in [1.82, 2.24) is 0 Å². The molecular formula is C53H40Si. The van der Waals surface area contributed by atoms with Crippen molar-refractivity contribution in [3.63, 3.8) is 0 Å². The fourth-order valence-electron chi connectivity index (χ4n) is 9.72. The van der Waals surface area contributed by atoms with E-state index in [0.29, 0.717) is 5.92 Å². The number of rotatable bonds is 3. The maximum atomic E-state index is 2.62. The molecule has 0 radical (unpaired) electrons. The second-order valence-corrected chi connectivity index (χ2v) is 20.5. The third kappa shape index (κ3) is 4.75. The molecule has 8 aromatic rings. The molecule has 11 rings (SSSR count). The quantitative estimate of drug-likeness (QED) is 0.127. The molecule has 0 saturated carbocycles. The van der Waals surface area contributed by atoms with Gasteiger partial charge in [0.05, 0.1) is 0 Å². The Hall–Kier alpha value is -6.02. The summed E-state index contributed by atoms with van der Waals surface area (Å²) in [4.78, 5) is 0. The molecule has 0 N–H and O–H groups in total. The van der Waals surface area contributed by atoms with Crippen LogP contribution in [0.1, 0.15) is 17.5 Å². The van der Waals surface area contributed by atoms with Gasteiger partial charge in [-0.1, -0.05) is 170 Å². The normalized spacial score (nSPS) is 16.8. The van der Waals surface area contributed by atoms with Gasteiger partial charge in [-0.05, 0) is 135 Å². The van der Waals surface area contributed by atoms with Crippen LogP contribution in [0.25, 0.3) is 82.0 Å². The zero-order valence-electron chi connectivity index (χ0n) is 31.0. The van der Waals surface area contributed by atoms with Crippen LogP contribution in [0.5, 0.6) is 0 Å². The summed E-state index contributed by atoms with van der Waals surface area (Å²) in [5.74, 6) is 0.503. The van der Waals surface area contributed by atoms with Gasteiger partial charge in [-0.15, -0.1) is 0 Å². The summed E-state index contributed by atoms with van der Waals surface area (Å²) in [6.07, 6.45) is 14.9. The van der Waals surface area contributed by atoms with Crippen molar-refractivity contribution in [3.8, 4) is 33.4 Å². The van der Waals surface area contributed by atoms with Crippen LogP contribution < -0.4 is 10.4 Å². The summed E-state index contributed by atoms with van der Waals surface area (Å²) < 4.78 is 0. The number of aryl methyl sites for hydroxylation is 1. The molecule has 1 aliphatic heterocycles. The van der Waals surface area contributed by atoms with E-state index in [2.05, 4.69) is 190 Å². The zero-order valence-corrected chi connectivity index (χ0v) is 32.0. The topological polar surface area (TPSA) is 0 Å². The zero-order chi connectivity index (χ0) is 36.1. The Bertz CT molecular complexity index is 3050. The van der Waals surface area contributed by atoms with E-state index in [0.717, 1.165) is 6.42 Å². The maximum absolute atomic E-state index is 2.62. The van der Waals surface area contributed by atoms with E-state index in [1.807, 2.05) is 0 Å². The monoisotopic (exact) mass is 704 g/mol. The van der Waals surface area contributed by atoms with Crippen molar-refractivity contribution < 1.29 is 0 Å². The van der Waals surface area contributed by atoms with Crippen LogP contribution in [0.3, 0.4) is 0 Å². The second-order valence-electron chi connectivity index (χ2n) is 16.1. The van der Waals surface area contributed by atoms with Gasteiger partial charge in [0, 0.05) is 5.92 Å². The van der Waals surface area contributed by atoms with E-state index in [4.69, 9.17) is 0 Å². The van der Waals surface area contributed by atoms with Crippen molar-refractivity contribution in [3.05, 3.63) is 187 Å². The van der Waals surface area contributed by atoms with E-state index in [1.165, 1.54) is 104 Å². The molecular weight excluding hydrogens is 665 g/mol. The van der Waals surface area contributed by atoms with Crippen LogP contribution in [-0.4, -0.2) is 8.07 Å². The molecule has 54 heavy (non-hydrogen) atoms. The predicted octanol–water partition coefficient (Wildman–Crippen LogP) is 13.2. The first-order valence-corrected chi connectivity index (χ1v) is 22.4. The molecule has 0 amide bonds. The molecule has 1 heterocycles. The van der Waals surface area contributed by atoms with Gasteiger partial charge in [-0.2, -0.15) is 0 Å². The van der Waals surface area contributed by atoms with Crippen LogP contribution >= 0.6 is 0 Å². The fraction of sp³-hybridized carbons (Fsp3) is 0.0943. The van der Waals surface area contributed by atoms with Crippen molar-refractivity contribution in [2.75, 3.05) is 0 Å². The van der Waals surface area contributed by atoms with Gasteiger partial charge in [-0.25, -0.2) is 0 Å². The van der Waals surface area contributed by atoms with E-state index in [-0.39, 0.29) is 0 Å². The summed E-state index contributed by atoms with van der Waals surface area (Å²) >= 11 is 0. The number of allylic oxidation sites excluding steroid dienone is 8. The van der Waals surface area contributed by atoms with Crippen LogP contribution in [0, 0.1) is 12.8 Å². The number of fused-ring (bicyclic) bond motifs is 8. The molecule has 0 aromatic heterocycles. The minimum absolute atomic E-state index is 0.503. The molecule has 0 spiro atoms. The Labute approximate surface area is 318 Å². The average molecular weight is 705 g/mol. The molecule has 2 aliphatic carbocycles. The molecule has 256 valence electrons. The summed E-state index contributed by atoms with van der Waals surface area (Å²) in [7, 11) is -2.08.